The molecule has 0 radical (unpaired) electrons. The van der Waals surface area contributed by atoms with E-state index in [-0.39, 0.29) is 29.3 Å². The normalized spacial score (nSPS) is 19.4. The maximum atomic E-state index is 13.4. The lowest BCUT2D eigenvalue weighted by Crippen LogP contribution is -2.15. The van der Waals surface area contributed by atoms with Crippen LogP contribution in [0.25, 0.3) is 11.3 Å². The molecule has 1 aromatic carbocycles. The molecule has 0 saturated heterocycles. The molecule has 6 heteroatoms. The molecule has 24 heavy (non-hydrogen) atoms. The van der Waals surface area contributed by atoms with Crippen LogP contribution in [-0.4, -0.2) is 19.6 Å². The summed E-state index contributed by atoms with van der Waals surface area (Å²) in [6.07, 6.45) is 3.88. The van der Waals surface area contributed by atoms with Crippen LogP contribution in [0.5, 0.6) is 5.88 Å². The molecule has 2 aromatic heterocycles. The quantitative estimate of drug-likeness (QED) is 0.777. The number of nitrogens with zero attached hydrogens (tertiary/aromatic N) is 2. The van der Waals surface area contributed by atoms with Crippen molar-refractivity contribution in [1.82, 2.24) is 14.5 Å². The predicted molar refractivity (Wildman–Crippen MR) is 87.5 cm³/mol. The Kier molecular flexibility index (Phi) is 3.26. The second-order valence-corrected chi connectivity index (χ2v) is 6.17. The van der Waals surface area contributed by atoms with Gasteiger partial charge in [-0.05, 0) is 48.7 Å². The Balaban J connectivity index is 1.57. The highest BCUT2D eigenvalue weighted by Gasteiger charge is 2.42. The Morgan fingerprint density at radius 3 is 2.79 bits per heavy atom. The zero-order chi connectivity index (χ0) is 16.8. The van der Waals surface area contributed by atoms with Crippen molar-refractivity contribution in [1.29, 1.82) is 0 Å². The Hall–Kier alpha value is -2.89. The minimum atomic E-state index is -0.300. The summed E-state index contributed by atoms with van der Waals surface area (Å²) in [6, 6.07) is 8.76. The van der Waals surface area contributed by atoms with E-state index in [2.05, 4.69) is 9.97 Å². The van der Waals surface area contributed by atoms with Crippen LogP contribution in [0.3, 0.4) is 0 Å². The second-order valence-electron chi connectivity index (χ2n) is 6.17. The van der Waals surface area contributed by atoms with Crippen molar-refractivity contribution in [2.75, 3.05) is 0 Å². The fourth-order valence-electron chi connectivity index (χ4n) is 3.11. The molecular formula is C18H16FN3O2. The summed E-state index contributed by atoms with van der Waals surface area (Å²) < 4.78 is 14.7. The molecule has 3 aromatic rings. The molecule has 2 N–H and O–H groups in total. The summed E-state index contributed by atoms with van der Waals surface area (Å²) in [4.78, 5) is 18.6. The lowest BCUT2D eigenvalue weighted by Gasteiger charge is -2.06. The van der Waals surface area contributed by atoms with Gasteiger partial charge in [0.15, 0.2) is 0 Å². The number of H-pyrrole nitrogens is 1. The van der Waals surface area contributed by atoms with Gasteiger partial charge >= 0.3 is 5.69 Å². The van der Waals surface area contributed by atoms with E-state index in [1.54, 1.807) is 25.3 Å². The van der Waals surface area contributed by atoms with E-state index in [0.717, 1.165) is 23.2 Å². The Bertz CT molecular complexity index is 959. The number of aryl methyl sites for hydroxylation is 1. The Morgan fingerprint density at radius 1 is 1.33 bits per heavy atom. The number of nitrogens with one attached hydrogen (secondary N) is 1. The van der Waals surface area contributed by atoms with E-state index in [0.29, 0.717) is 5.56 Å². The third-order valence-corrected chi connectivity index (χ3v) is 4.55. The van der Waals surface area contributed by atoms with Crippen molar-refractivity contribution in [3.8, 4) is 17.1 Å². The zero-order valence-corrected chi connectivity index (χ0v) is 13.0. The van der Waals surface area contributed by atoms with E-state index < -0.39 is 0 Å². The molecule has 1 aliphatic rings. The number of imidazole rings is 1. The van der Waals surface area contributed by atoms with Gasteiger partial charge in [-0.3, -0.25) is 9.55 Å². The topological polar surface area (TPSA) is 70.9 Å². The molecule has 4 rings (SSSR count). The highest BCUT2D eigenvalue weighted by Crippen LogP contribution is 2.51. The van der Waals surface area contributed by atoms with E-state index in [1.165, 1.54) is 16.8 Å². The maximum absolute atomic E-state index is 13.4. The molecule has 1 saturated carbocycles. The second kappa shape index (κ2) is 5.33. The number of hydrogen-bond acceptors (Lipinski definition) is 3. The molecule has 1 aliphatic carbocycles. The molecule has 0 aliphatic heterocycles. The van der Waals surface area contributed by atoms with E-state index >= 15 is 0 Å². The van der Waals surface area contributed by atoms with Gasteiger partial charge in [-0.1, -0.05) is 6.07 Å². The van der Waals surface area contributed by atoms with Crippen molar-refractivity contribution in [3.63, 3.8) is 0 Å². The number of aromatic amines is 1. The number of pyridine rings is 1. The van der Waals surface area contributed by atoms with E-state index in [1.807, 2.05) is 12.1 Å². The lowest BCUT2D eigenvalue weighted by molar-refractivity contribution is 0.413. The summed E-state index contributed by atoms with van der Waals surface area (Å²) in [5, 5.41) is 9.73. The van der Waals surface area contributed by atoms with Crippen LogP contribution in [0.4, 0.5) is 4.39 Å². The fraction of sp³-hybridized carbons (Fsp3) is 0.222. The molecule has 122 valence electrons. The molecule has 2 atom stereocenters. The highest BCUT2D eigenvalue weighted by molar-refractivity contribution is 5.60. The number of halogens is 1. The number of rotatable bonds is 3. The first-order valence-electron chi connectivity index (χ1n) is 7.76. The third kappa shape index (κ3) is 2.40. The van der Waals surface area contributed by atoms with Gasteiger partial charge in [0.2, 0.25) is 5.88 Å². The zero-order valence-electron chi connectivity index (χ0n) is 13.0. The Morgan fingerprint density at radius 2 is 2.17 bits per heavy atom. The van der Waals surface area contributed by atoms with Crippen LogP contribution in [0.15, 0.2) is 47.5 Å². The molecule has 1 fully saturated rings. The first-order chi connectivity index (χ1) is 11.5. The maximum Gasteiger partial charge on any atom is 0.328 e. The van der Waals surface area contributed by atoms with Gasteiger partial charge in [0, 0.05) is 23.7 Å². The summed E-state index contributed by atoms with van der Waals surface area (Å²) in [7, 11) is 0. The minimum Gasteiger partial charge on any atom is -0.493 e. The molecule has 2 unspecified atom stereocenters. The summed E-state index contributed by atoms with van der Waals surface area (Å²) in [5.41, 5.74) is 2.96. The average Bonchev–Trinajstić information content (AvgIpc) is 3.29. The van der Waals surface area contributed by atoms with Crippen LogP contribution in [0.2, 0.25) is 0 Å². The average molecular weight is 325 g/mol. The van der Waals surface area contributed by atoms with Crippen molar-refractivity contribution >= 4 is 0 Å². The molecular weight excluding hydrogens is 309 g/mol. The molecule has 0 amide bonds. The van der Waals surface area contributed by atoms with Gasteiger partial charge in [0.05, 0.1) is 11.9 Å². The van der Waals surface area contributed by atoms with Crippen molar-refractivity contribution in [3.05, 3.63) is 70.2 Å². The minimum absolute atomic E-state index is 0.0375. The first kappa shape index (κ1) is 14.7. The van der Waals surface area contributed by atoms with Gasteiger partial charge in [-0.25, -0.2) is 9.18 Å². The summed E-state index contributed by atoms with van der Waals surface area (Å²) >= 11 is 0. The summed E-state index contributed by atoms with van der Waals surface area (Å²) in [6.45, 7) is 1.73. The van der Waals surface area contributed by atoms with Crippen molar-refractivity contribution < 1.29 is 9.50 Å². The largest absolute Gasteiger partial charge is 0.493 e. The van der Waals surface area contributed by atoms with Crippen molar-refractivity contribution in [2.24, 2.45) is 0 Å². The summed E-state index contributed by atoms with van der Waals surface area (Å²) in [5.74, 6) is -0.104. The number of aromatic nitrogens is 3. The standard InChI is InChI=1S/C18H16FN3O2/c1-10-6-11(2-4-14(10)19)15-5-3-12(8-20-15)13-7-16(13)22-17(23)9-21-18(22)24/h2-6,8-9,13,16,23H,7H2,1H3,(H,21,24). The smallest absolute Gasteiger partial charge is 0.328 e. The van der Waals surface area contributed by atoms with Gasteiger partial charge in [0.1, 0.15) is 5.82 Å². The Labute approximate surface area is 137 Å². The van der Waals surface area contributed by atoms with E-state index in [4.69, 9.17) is 0 Å². The van der Waals surface area contributed by atoms with Gasteiger partial charge in [-0.2, -0.15) is 0 Å². The first-order valence-corrected chi connectivity index (χ1v) is 7.76. The van der Waals surface area contributed by atoms with Gasteiger partial charge in [-0.15, -0.1) is 0 Å². The molecule has 2 heterocycles. The highest BCUT2D eigenvalue weighted by atomic mass is 19.1. The number of aromatic hydroxyl groups is 1. The third-order valence-electron chi connectivity index (χ3n) is 4.55. The van der Waals surface area contributed by atoms with Crippen LogP contribution in [-0.2, 0) is 0 Å². The van der Waals surface area contributed by atoms with Crippen molar-refractivity contribution in [2.45, 2.75) is 25.3 Å². The monoisotopic (exact) mass is 325 g/mol. The van der Waals surface area contributed by atoms with Gasteiger partial charge in [0.25, 0.3) is 0 Å². The predicted octanol–water partition coefficient (Wildman–Crippen LogP) is 3.12. The van der Waals surface area contributed by atoms with Crippen LogP contribution in [0, 0.1) is 12.7 Å². The number of benzene rings is 1. The number of hydrogen-bond donors (Lipinski definition) is 2. The lowest BCUT2D eigenvalue weighted by atomic mass is 10.1. The van der Waals surface area contributed by atoms with Crippen LogP contribution >= 0.6 is 0 Å². The molecule has 0 spiro atoms. The molecule has 0 bridgehead atoms. The molecule has 5 nitrogen and oxygen atoms in total. The van der Waals surface area contributed by atoms with Crippen LogP contribution in [0.1, 0.15) is 29.5 Å². The fourth-order valence-corrected chi connectivity index (χ4v) is 3.11. The van der Waals surface area contributed by atoms with Gasteiger partial charge < -0.3 is 10.1 Å². The van der Waals surface area contributed by atoms with Crippen LogP contribution < -0.4 is 5.69 Å². The SMILES string of the molecule is Cc1cc(-c2ccc(C3CC3n3c(O)c[nH]c3=O)cn2)ccc1F. The van der Waals surface area contributed by atoms with E-state index in [9.17, 15) is 14.3 Å².